The summed E-state index contributed by atoms with van der Waals surface area (Å²) in [5.41, 5.74) is 2.04. The van der Waals surface area contributed by atoms with Crippen molar-refractivity contribution in [1.29, 1.82) is 0 Å². The zero-order chi connectivity index (χ0) is 15.2. The Balaban J connectivity index is 1.52. The Bertz CT molecular complexity index is 713. The molecule has 0 aromatic heterocycles. The molecule has 1 aliphatic rings. The summed E-state index contributed by atoms with van der Waals surface area (Å²) < 4.78 is 5.64. The van der Waals surface area contributed by atoms with Gasteiger partial charge < -0.3 is 10.1 Å². The first-order valence-electron chi connectivity index (χ1n) is 7.35. The quantitative estimate of drug-likeness (QED) is 0.863. The molecule has 1 aliphatic heterocycles. The van der Waals surface area contributed by atoms with Crippen molar-refractivity contribution in [2.45, 2.75) is 6.42 Å². The molecule has 0 unspecified atom stereocenters. The molecular formula is C19H17NO2. The van der Waals surface area contributed by atoms with Gasteiger partial charge in [0.2, 0.25) is 5.91 Å². The molecule has 110 valence electrons. The molecule has 3 heteroatoms. The molecule has 2 aromatic rings. The molecule has 22 heavy (non-hydrogen) atoms. The zero-order valence-electron chi connectivity index (χ0n) is 12.2. The molecule has 0 aliphatic carbocycles. The van der Waals surface area contributed by atoms with Crippen molar-refractivity contribution in [2.24, 2.45) is 5.92 Å². The Labute approximate surface area is 130 Å². The Kier molecular flexibility index (Phi) is 4.41. The van der Waals surface area contributed by atoms with Crippen molar-refractivity contribution in [3.63, 3.8) is 0 Å². The Morgan fingerprint density at radius 1 is 1.14 bits per heavy atom. The monoisotopic (exact) mass is 291 g/mol. The number of fused-ring (bicyclic) bond motifs is 1. The molecule has 3 nitrogen and oxygen atoms in total. The third-order valence-corrected chi connectivity index (χ3v) is 3.61. The van der Waals surface area contributed by atoms with Crippen LogP contribution in [-0.4, -0.2) is 19.1 Å². The van der Waals surface area contributed by atoms with E-state index in [1.165, 1.54) is 0 Å². The van der Waals surface area contributed by atoms with Gasteiger partial charge in [0.15, 0.2) is 0 Å². The Hall–Kier alpha value is -2.73. The second kappa shape index (κ2) is 6.82. The van der Waals surface area contributed by atoms with Gasteiger partial charge in [-0.05, 0) is 30.2 Å². The first kappa shape index (κ1) is 14.2. The van der Waals surface area contributed by atoms with Gasteiger partial charge >= 0.3 is 0 Å². The summed E-state index contributed by atoms with van der Waals surface area (Å²) >= 11 is 0. The number of carbonyl (C=O) groups is 1. The number of benzene rings is 2. The van der Waals surface area contributed by atoms with Crippen LogP contribution in [0.15, 0.2) is 54.6 Å². The summed E-state index contributed by atoms with van der Waals surface area (Å²) in [6, 6.07) is 17.6. The van der Waals surface area contributed by atoms with Gasteiger partial charge in [-0.25, -0.2) is 0 Å². The van der Waals surface area contributed by atoms with Crippen LogP contribution in [0.1, 0.15) is 11.1 Å². The molecule has 2 aromatic carbocycles. The highest BCUT2D eigenvalue weighted by Crippen LogP contribution is 2.26. The normalized spacial score (nSPS) is 15.7. The molecule has 1 N–H and O–H groups in total. The van der Waals surface area contributed by atoms with E-state index in [1.807, 2.05) is 54.6 Å². The number of carbonyl (C=O) groups excluding carboxylic acids is 1. The van der Waals surface area contributed by atoms with Crippen LogP contribution in [0.25, 0.3) is 0 Å². The van der Waals surface area contributed by atoms with Crippen LogP contribution in [-0.2, 0) is 11.2 Å². The number of hydrogen-bond donors (Lipinski definition) is 1. The highest BCUT2D eigenvalue weighted by atomic mass is 16.5. The Morgan fingerprint density at radius 2 is 1.91 bits per heavy atom. The van der Waals surface area contributed by atoms with Crippen molar-refractivity contribution < 1.29 is 9.53 Å². The number of nitrogens with one attached hydrogen (secondary N) is 1. The van der Waals surface area contributed by atoms with E-state index < -0.39 is 0 Å². The molecule has 1 atom stereocenters. The van der Waals surface area contributed by atoms with E-state index in [-0.39, 0.29) is 11.8 Å². The van der Waals surface area contributed by atoms with Gasteiger partial charge in [-0.2, -0.15) is 0 Å². The lowest BCUT2D eigenvalue weighted by Gasteiger charge is -2.24. The molecule has 0 spiro atoms. The van der Waals surface area contributed by atoms with E-state index >= 15 is 0 Å². The number of amides is 1. The molecule has 0 fully saturated rings. The fraction of sp³-hybridized carbons (Fsp3) is 0.211. The van der Waals surface area contributed by atoms with Crippen molar-refractivity contribution in [1.82, 2.24) is 5.32 Å². The third kappa shape index (κ3) is 3.48. The van der Waals surface area contributed by atoms with Crippen LogP contribution in [0.3, 0.4) is 0 Å². The van der Waals surface area contributed by atoms with E-state index in [1.54, 1.807) is 0 Å². The standard InChI is InChI=1S/C19H17NO2/c21-19(20-12-6-9-15-7-2-1-3-8-15)17-13-16-10-4-5-11-18(16)22-14-17/h1-5,7-8,10-11,17H,12-14H2,(H,20,21)/t17-/m0/s1. The van der Waals surface area contributed by atoms with Crippen LogP contribution in [0, 0.1) is 17.8 Å². The maximum atomic E-state index is 12.2. The van der Waals surface area contributed by atoms with Gasteiger partial charge in [0, 0.05) is 5.56 Å². The lowest BCUT2D eigenvalue weighted by molar-refractivity contribution is -0.126. The first-order chi connectivity index (χ1) is 10.8. The lowest BCUT2D eigenvalue weighted by atomic mass is 9.96. The first-order valence-corrected chi connectivity index (χ1v) is 7.35. The van der Waals surface area contributed by atoms with Crippen LogP contribution in [0.5, 0.6) is 5.75 Å². The number of ether oxygens (including phenoxy) is 1. The third-order valence-electron chi connectivity index (χ3n) is 3.61. The van der Waals surface area contributed by atoms with Crippen LogP contribution < -0.4 is 10.1 Å². The molecule has 0 bridgehead atoms. The second-order valence-corrected chi connectivity index (χ2v) is 5.21. The maximum absolute atomic E-state index is 12.2. The second-order valence-electron chi connectivity index (χ2n) is 5.21. The molecule has 0 radical (unpaired) electrons. The summed E-state index contributed by atoms with van der Waals surface area (Å²) in [5.74, 6) is 6.73. The number of hydrogen-bond acceptors (Lipinski definition) is 2. The minimum absolute atomic E-state index is 0.00290. The van der Waals surface area contributed by atoms with E-state index in [9.17, 15) is 4.79 Å². The number of rotatable bonds is 2. The highest BCUT2D eigenvalue weighted by molar-refractivity contribution is 5.79. The van der Waals surface area contributed by atoms with Gasteiger partial charge in [0.25, 0.3) is 0 Å². The van der Waals surface area contributed by atoms with Crippen molar-refractivity contribution >= 4 is 5.91 Å². The molecule has 3 rings (SSSR count). The smallest absolute Gasteiger partial charge is 0.227 e. The van der Waals surface area contributed by atoms with Crippen LogP contribution in [0.4, 0.5) is 0 Å². The highest BCUT2D eigenvalue weighted by Gasteiger charge is 2.25. The predicted octanol–water partition coefficient (Wildman–Crippen LogP) is 2.41. The fourth-order valence-electron chi connectivity index (χ4n) is 2.44. The van der Waals surface area contributed by atoms with Gasteiger partial charge in [-0.15, -0.1) is 0 Å². The predicted molar refractivity (Wildman–Crippen MR) is 85.5 cm³/mol. The van der Waals surface area contributed by atoms with Crippen molar-refractivity contribution in [2.75, 3.05) is 13.2 Å². The van der Waals surface area contributed by atoms with E-state index in [2.05, 4.69) is 17.2 Å². The molecular weight excluding hydrogens is 274 g/mol. The molecule has 1 heterocycles. The minimum atomic E-state index is -0.145. The van der Waals surface area contributed by atoms with Gasteiger partial charge in [0.05, 0.1) is 12.5 Å². The minimum Gasteiger partial charge on any atom is -0.492 e. The summed E-state index contributed by atoms with van der Waals surface area (Å²) in [5, 5.41) is 2.86. The lowest BCUT2D eigenvalue weighted by Crippen LogP contribution is -2.37. The van der Waals surface area contributed by atoms with Gasteiger partial charge in [-0.3, -0.25) is 4.79 Å². The number of para-hydroxylation sites is 1. The Morgan fingerprint density at radius 3 is 2.77 bits per heavy atom. The fourth-order valence-corrected chi connectivity index (χ4v) is 2.44. The van der Waals surface area contributed by atoms with E-state index in [0.717, 1.165) is 16.9 Å². The zero-order valence-corrected chi connectivity index (χ0v) is 12.2. The molecule has 1 amide bonds. The summed E-state index contributed by atoms with van der Waals surface area (Å²) in [6.07, 6.45) is 0.716. The van der Waals surface area contributed by atoms with Crippen molar-refractivity contribution in [3.05, 3.63) is 65.7 Å². The average Bonchev–Trinajstić information content (AvgIpc) is 2.59. The van der Waals surface area contributed by atoms with Gasteiger partial charge in [-0.1, -0.05) is 48.2 Å². The maximum Gasteiger partial charge on any atom is 0.227 e. The SMILES string of the molecule is O=C(NCC#Cc1ccccc1)[C@@H]1COc2ccccc2C1. The summed E-state index contributed by atoms with van der Waals surface area (Å²) in [6.45, 7) is 0.779. The largest absolute Gasteiger partial charge is 0.492 e. The molecule has 0 saturated heterocycles. The topological polar surface area (TPSA) is 38.3 Å². The summed E-state index contributed by atoms with van der Waals surface area (Å²) in [7, 11) is 0. The van der Waals surface area contributed by atoms with Crippen LogP contribution in [0.2, 0.25) is 0 Å². The van der Waals surface area contributed by atoms with Crippen molar-refractivity contribution in [3.8, 4) is 17.6 Å². The van der Waals surface area contributed by atoms with E-state index in [4.69, 9.17) is 4.74 Å². The summed E-state index contributed by atoms with van der Waals surface area (Å²) in [4.78, 5) is 12.2. The van der Waals surface area contributed by atoms with Gasteiger partial charge in [0.1, 0.15) is 12.4 Å². The average molecular weight is 291 g/mol. The van der Waals surface area contributed by atoms with E-state index in [0.29, 0.717) is 19.6 Å². The molecule has 0 saturated carbocycles. The van der Waals surface area contributed by atoms with Crippen LogP contribution >= 0.6 is 0 Å².